The normalized spacial score (nSPS) is 22.7. The van der Waals surface area contributed by atoms with Gasteiger partial charge in [0.1, 0.15) is 5.82 Å². The molecule has 1 fully saturated rings. The predicted octanol–water partition coefficient (Wildman–Crippen LogP) is 2.72. The first-order chi connectivity index (χ1) is 9.45. The van der Waals surface area contributed by atoms with Gasteiger partial charge in [-0.1, -0.05) is 31.5 Å². The molecule has 2 N–H and O–H groups in total. The number of aliphatic hydroxyl groups is 1. The number of halogens is 2. The standard InChI is InChI=1S/C15H19ClFNO2/c1-8(2)13(7-19)18-15(20)10-6-9(10)14-11(16)4-3-5-12(14)17/h3-5,8-10,13,19H,6-7H2,1-2H3,(H,18,20)/t9-,10-,13-/m1/s1. The van der Waals surface area contributed by atoms with Gasteiger partial charge in [0.05, 0.1) is 12.6 Å². The number of aliphatic hydroxyl groups excluding tert-OH is 1. The number of nitrogens with one attached hydrogen (secondary N) is 1. The van der Waals surface area contributed by atoms with Crippen LogP contribution < -0.4 is 5.32 Å². The molecule has 1 amide bonds. The van der Waals surface area contributed by atoms with E-state index in [1.165, 1.54) is 6.07 Å². The van der Waals surface area contributed by atoms with E-state index in [0.29, 0.717) is 17.0 Å². The number of amides is 1. The molecule has 0 aliphatic heterocycles. The van der Waals surface area contributed by atoms with Crippen molar-refractivity contribution in [2.24, 2.45) is 11.8 Å². The molecule has 0 unspecified atom stereocenters. The molecule has 0 heterocycles. The Labute approximate surface area is 123 Å². The van der Waals surface area contributed by atoms with Crippen molar-refractivity contribution in [2.45, 2.75) is 32.2 Å². The van der Waals surface area contributed by atoms with Crippen molar-refractivity contribution >= 4 is 17.5 Å². The third kappa shape index (κ3) is 3.13. The van der Waals surface area contributed by atoms with Gasteiger partial charge in [-0.15, -0.1) is 0 Å². The maximum Gasteiger partial charge on any atom is 0.224 e. The number of benzene rings is 1. The summed E-state index contributed by atoms with van der Waals surface area (Å²) in [6, 6.07) is 4.29. The first kappa shape index (κ1) is 15.3. The number of hydrogen-bond donors (Lipinski definition) is 2. The molecule has 0 bridgehead atoms. The average Bonchev–Trinajstić information content (AvgIpc) is 3.15. The molecule has 5 heteroatoms. The highest BCUT2D eigenvalue weighted by atomic mass is 35.5. The molecule has 1 aliphatic rings. The highest BCUT2D eigenvalue weighted by molar-refractivity contribution is 6.31. The van der Waals surface area contributed by atoms with Crippen LogP contribution in [0.25, 0.3) is 0 Å². The molecule has 1 aliphatic carbocycles. The summed E-state index contributed by atoms with van der Waals surface area (Å²) in [5.41, 5.74) is 0.430. The molecule has 0 aromatic heterocycles. The molecular weight excluding hydrogens is 281 g/mol. The van der Waals surface area contributed by atoms with Crippen molar-refractivity contribution in [3.63, 3.8) is 0 Å². The van der Waals surface area contributed by atoms with Gasteiger partial charge in [0.15, 0.2) is 0 Å². The predicted molar refractivity (Wildman–Crippen MR) is 76.1 cm³/mol. The van der Waals surface area contributed by atoms with Gasteiger partial charge in [0.2, 0.25) is 5.91 Å². The zero-order valence-electron chi connectivity index (χ0n) is 11.6. The summed E-state index contributed by atoms with van der Waals surface area (Å²) >= 11 is 6.01. The lowest BCUT2D eigenvalue weighted by Crippen LogP contribution is -2.42. The van der Waals surface area contributed by atoms with E-state index < -0.39 is 0 Å². The number of carbonyl (C=O) groups is 1. The van der Waals surface area contributed by atoms with Crippen LogP contribution in [0.5, 0.6) is 0 Å². The van der Waals surface area contributed by atoms with E-state index in [-0.39, 0.29) is 42.1 Å². The van der Waals surface area contributed by atoms with Crippen molar-refractivity contribution in [3.05, 3.63) is 34.6 Å². The van der Waals surface area contributed by atoms with Gasteiger partial charge in [-0.3, -0.25) is 4.79 Å². The zero-order valence-corrected chi connectivity index (χ0v) is 12.3. The molecule has 110 valence electrons. The Kier molecular flexibility index (Phi) is 4.66. The molecule has 20 heavy (non-hydrogen) atoms. The van der Waals surface area contributed by atoms with Crippen LogP contribution in [-0.4, -0.2) is 23.7 Å². The average molecular weight is 300 g/mol. The zero-order chi connectivity index (χ0) is 14.9. The summed E-state index contributed by atoms with van der Waals surface area (Å²) in [4.78, 5) is 12.1. The van der Waals surface area contributed by atoms with Crippen LogP contribution in [0.3, 0.4) is 0 Å². The minimum atomic E-state index is -0.361. The fourth-order valence-electron chi connectivity index (χ4n) is 2.38. The fourth-order valence-corrected chi connectivity index (χ4v) is 2.68. The maximum atomic E-state index is 13.8. The van der Waals surface area contributed by atoms with E-state index in [1.54, 1.807) is 12.1 Å². The summed E-state index contributed by atoms with van der Waals surface area (Å²) in [5.74, 6) is -0.756. The first-order valence-electron chi connectivity index (χ1n) is 6.80. The molecule has 1 saturated carbocycles. The Morgan fingerprint density at radius 1 is 1.55 bits per heavy atom. The Morgan fingerprint density at radius 2 is 2.25 bits per heavy atom. The van der Waals surface area contributed by atoms with Crippen LogP contribution in [0.15, 0.2) is 18.2 Å². The van der Waals surface area contributed by atoms with Crippen molar-refractivity contribution < 1.29 is 14.3 Å². The van der Waals surface area contributed by atoms with Crippen LogP contribution in [0.2, 0.25) is 5.02 Å². The minimum absolute atomic E-state index is 0.0960. The molecule has 2 rings (SSSR count). The van der Waals surface area contributed by atoms with Gasteiger partial charge >= 0.3 is 0 Å². The Bertz CT molecular complexity index is 486. The Morgan fingerprint density at radius 3 is 2.80 bits per heavy atom. The van der Waals surface area contributed by atoms with E-state index >= 15 is 0 Å². The van der Waals surface area contributed by atoms with Gasteiger partial charge in [-0.2, -0.15) is 0 Å². The highest BCUT2D eigenvalue weighted by Gasteiger charge is 2.46. The van der Waals surface area contributed by atoms with Crippen molar-refractivity contribution in [3.8, 4) is 0 Å². The van der Waals surface area contributed by atoms with Crippen LogP contribution >= 0.6 is 11.6 Å². The molecule has 3 nitrogen and oxygen atoms in total. The van der Waals surface area contributed by atoms with Gasteiger partial charge in [-0.25, -0.2) is 4.39 Å². The third-order valence-corrected chi connectivity index (χ3v) is 4.16. The van der Waals surface area contributed by atoms with Crippen LogP contribution in [0.4, 0.5) is 4.39 Å². The number of carbonyl (C=O) groups excluding carboxylic acids is 1. The molecule has 1 aromatic rings. The quantitative estimate of drug-likeness (QED) is 0.878. The van der Waals surface area contributed by atoms with E-state index in [2.05, 4.69) is 5.32 Å². The molecule has 0 saturated heterocycles. The lowest BCUT2D eigenvalue weighted by atomic mass is 10.0. The van der Waals surface area contributed by atoms with Crippen LogP contribution in [0.1, 0.15) is 31.7 Å². The molecule has 3 atom stereocenters. The third-order valence-electron chi connectivity index (χ3n) is 3.83. The topological polar surface area (TPSA) is 49.3 Å². The molecule has 1 aromatic carbocycles. The van der Waals surface area contributed by atoms with Crippen LogP contribution in [0, 0.1) is 17.7 Å². The summed E-state index contributed by atoms with van der Waals surface area (Å²) in [6.07, 6.45) is 0.600. The second-order valence-electron chi connectivity index (χ2n) is 5.63. The summed E-state index contributed by atoms with van der Waals surface area (Å²) < 4.78 is 13.8. The van der Waals surface area contributed by atoms with Crippen molar-refractivity contribution in [2.75, 3.05) is 6.61 Å². The molecule has 0 radical (unpaired) electrons. The van der Waals surface area contributed by atoms with Gasteiger partial charge in [0, 0.05) is 22.4 Å². The smallest absolute Gasteiger partial charge is 0.224 e. The molecule has 0 spiro atoms. The van der Waals surface area contributed by atoms with Crippen molar-refractivity contribution in [1.82, 2.24) is 5.32 Å². The second kappa shape index (κ2) is 6.10. The summed E-state index contributed by atoms with van der Waals surface area (Å²) in [7, 11) is 0. The van der Waals surface area contributed by atoms with Gasteiger partial charge in [-0.05, 0) is 24.5 Å². The lowest BCUT2D eigenvalue weighted by Gasteiger charge is -2.20. The fraction of sp³-hybridized carbons (Fsp3) is 0.533. The lowest BCUT2D eigenvalue weighted by molar-refractivity contribution is -0.123. The second-order valence-corrected chi connectivity index (χ2v) is 6.03. The highest BCUT2D eigenvalue weighted by Crippen LogP contribution is 2.50. The SMILES string of the molecule is CC(C)[C@@H](CO)NC(=O)[C@@H]1C[C@H]1c1c(F)cccc1Cl. The Hall–Kier alpha value is -1.13. The van der Waals surface area contributed by atoms with E-state index in [1.807, 2.05) is 13.8 Å². The maximum absolute atomic E-state index is 13.8. The van der Waals surface area contributed by atoms with E-state index in [4.69, 9.17) is 11.6 Å². The van der Waals surface area contributed by atoms with Crippen molar-refractivity contribution in [1.29, 1.82) is 0 Å². The van der Waals surface area contributed by atoms with Crippen LogP contribution in [-0.2, 0) is 4.79 Å². The monoisotopic (exact) mass is 299 g/mol. The molecular formula is C15H19ClFNO2. The summed E-state index contributed by atoms with van der Waals surface area (Å²) in [5, 5.41) is 12.4. The van der Waals surface area contributed by atoms with E-state index in [0.717, 1.165) is 0 Å². The minimum Gasteiger partial charge on any atom is -0.394 e. The Balaban J connectivity index is 2.03. The van der Waals surface area contributed by atoms with Gasteiger partial charge in [0.25, 0.3) is 0 Å². The number of hydrogen-bond acceptors (Lipinski definition) is 2. The summed E-state index contributed by atoms with van der Waals surface area (Å²) in [6.45, 7) is 3.76. The van der Waals surface area contributed by atoms with Gasteiger partial charge < -0.3 is 10.4 Å². The van der Waals surface area contributed by atoms with E-state index in [9.17, 15) is 14.3 Å². The first-order valence-corrected chi connectivity index (χ1v) is 7.18. The largest absolute Gasteiger partial charge is 0.394 e. The number of rotatable bonds is 5.